The van der Waals surface area contributed by atoms with Gasteiger partial charge in [-0.2, -0.15) is 0 Å². The predicted octanol–water partition coefficient (Wildman–Crippen LogP) is 7.41. The van der Waals surface area contributed by atoms with E-state index in [0.29, 0.717) is 0 Å². The van der Waals surface area contributed by atoms with Gasteiger partial charge in [0.1, 0.15) is 0 Å². The number of benzene rings is 2. The lowest BCUT2D eigenvalue weighted by molar-refractivity contribution is 0.362. The van der Waals surface area contributed by atoms with Crippen molar-refractivity contribution in [1.29, 1.82) is 0 Å². The molecule has 2 aromatic rings. The zero-order chi connectivity index (χ0) is 20.4. The molecule has 1 heterocycles. The Bertz CT molecular complexity index is 703. The van der Waals surface area contributed by atoms with E-state index < -0.39 is 0 Å². The first-order valence-corrected chi connectivity index (χ1v) is 11.2. The molecule has 1 aliphatic heterocycles. The molecule has 2 aromatic carbocycles. The van der Waals surface area contributed by atoms with E-state index in [4.69, 9.17) is 0 Å². The van der Waals surface area contributed by atoms with E-state index in [0.717, 1.165) is 25.9 Å². The molecule has 0 N–H and O–H groups in total. The van der Waals surface area contributed by atoms with Crippen LogP contribution in [0.5, 0.6) is 0 Å². The summed E-state index contributed by atoms with van der Waals surface area (Å²) in [5, 5.41) is 4.90. The normalized spacial score (nSPS) is 15.9. The number of allylic oxidation sites excluding steroid dienone is 3. The van der Waals surface area contributed by atoms with Crippen molar-refractivity contribution in [3.8, 4) is 0 Å². The minimum atomic E-state index is 0.188. The predicted molar refractivity (Wildman–Crippen MR) is 127 cm³/mol. The smallest absolute Gasteiger partial charge is 0.0574 e. The van der Waals surface area contributed by atoms with E-state index in [1.165, 1.54) is 43.5 Å². The van der Waals surface area contributed by atoms with Crippen LogP contribution in [0.25, 0.3) is 0 Å². The lowest BCUT2D eigenvalue weighted by atomic mass is 9.81. The van der Waals surface area contributed by atoms with Crippen molar-refractivity contribution >= 4 is 11.4 Å². The molecule has 0 radical (unpaired) electrons. The molecular weight excluding hydrogens is 352 g/mol. The molecule has 0 atom stereocenters. The van der Waals surface area contributed by atoms with Crippen LogP contribution in [0.2, 0.25) is 0 Å². The summed E-state index contributed by atoms with van der Waals surface area (Å²) in [6.07, 6.45) is 15.6. The van der Waals surface area contributed by atoms with Gasteiger partial charge < -0.3 is 0 Å². The fraction of sp³-hybridized carbons (Fsp3) is 0.407. The second kappa shape index (κ2) is 10.9. The number of rotatable bonds is 11. The first-order chi connectivity index (χ1) is 14.3. The highest BCUT2D eigenvalue weighted by Gasteiger charge is 2.41. The fourth-order valence-corrected chi connectivity index (χ4v) is 4.31. The van der Waals surface area contributed by atoms with Gasteiger partial charge in [0, 0.05) is 18.5 Å². The van der Waals surface area contributed by atoms with Crippen LogP contribution in [-0.2, 0) is 0 Å². The van der Waals surface area contributed by atoms with Gasteiger partial charge in [0.25, 0.3) is 0 Å². The number of nitrogens with zero attached hydrogens (tertiary/aromatic N) is 2. The molecule has 0 spiro atoms. The number of hydrogen-bond donors (Lipinski definition) is 0. The Morgan fingerprint density at radius 2 is 1.38 bits per heavy atom. The maximum absolute atomic E-state index is 4.08. The van der Waals surface area contributed by atoms with Gasteiger partial charge in [-0.15, -0.1) is 6.58 Å². The molecule has 1 fully saturated rings. The third kappa shape index (κ3) is 5.76. The molecule has 154 valence electrons. The Hall–Kier alpha value is -2.48. The lowest BCUT2D eigenvalue weighted by Gasteiger charge is -2.31. The number of para-hydroxylation sites is 2. The highest BCUT2D eigenvalue weighted by molar-refractivity contribution is 5.60. The maximum atomic E-state index is 4.08. The standard InChI is InChI=1S/C27H36N2/c1-3-5-6-7-8-9-16-22-27(21-4-2)23-28(25-17-12-10-13-18-25)29(24-27)26-19-14-11-15-20-26/h4,9-20H,2-3,5-8,21-24H2,1H3/b16-9+. The van der Waals surface area contributed by atoms with Crippen molar-refractivity contribution in [3.63, 3.8) is 0 Å². The summed E-state index contributed by atoms with van der Waals surface area (Å²) in [4.78, 5) is 0. The van der Waals surface area contributed by atoms with Crippen molar-refractivity contribution in [2.24, 2.45) is 5.41 Å². The molecular formula is C27H36N2. The van der Waals surface area contributed by atoms with Gasteiger partial charge in [0.15, 0.2) is 0 Å². The van der Waals surface area contributed by atoms with Crippen LogP contribution < -0.4 is 10.0 Å². The van der Waals surface area contributed by atoms with Crippen LogP contribution in [0.15, 0.2) is 85.5 Å². The molecule has 2 heteroatoms. The highest BCUT2D eigenvalue weighted by atomic mass is 15.7. The van der Waals surface area contributed by atoms with Crippen molar-refractivity contribution in [2.45, 2.75) is 51.9 Å². The van der Waals surface area contributed by atoms with Crippen LogP contribution in [0.4, 0.5) is 11.4 Å². The minimum absolute atomic E-state index is 0.188. The lowest BCUT2D eigenvalue weighted by Crippen LogP contribution is -2.36. The SMILES string of the molecule is C=CCC1(C/C=C/CCCCCC)CN(c2ccccc2)N(c2ccccc2)C1. The molecule has 0 saturated carbocycles. The summed E-state index contributed by atoms with van der Waals surface area (Å²) in [5.41, 5.74) is 2.70. The molecule has 0 unspecified atom stereocenters. The molecule has 0 aliphatic carbocycles. The monoisotopic (exact) mass is 388 g/mol. The quantitative estimate of drug-likeness (QED) is 0.292. The Morgan fingerprint density at radius 1 is 0.793 bits per heavy atom. The van der Waals surface area contributed by atoms with E-state index in [9.17, 15) is 0 Å². The number of hydrazine groups is 1. The molecule has 1 aliphatic rings. The Kier molecular flexibility index (Phi) is 7.98. The van der Waals surface area contributed by atoms with Crippen molar-refractivity contribution in [3.05, 3.63) is 85.5 Å². The van der Waals surface area contributed by atoms with E-state index in [1.54, 1.807) is 0 Å². The minimum Gasteiger partial charge on any atom is -0.285 e. The Balaban J connectivity index is 1.77. The number of anilines is 2. The van der Waals surface area contributed by atoms with Gasteiger partial charge >= 0.3 is 0 Å². The third-order valence-corrected chi connectivity index (χ3v) is 5.89. The van der Waals surface area contributed by atoms with Crippen LogP contribution in [0.3, 0.4) is 0 Å². The van der Waals surface area contributed by atoms with Gasteiger partial charge in [-0.3, -0.25) is 10.0 Å². The first kappa shape index (κ1) is 21.2. The van der Waals surface area contributed by atoms with E-state index in [2.05, 4.69) is 102 Å². The summed E-state index contributed by atoms with van der Waals surface area (Å²) in [6.45, 7) is 8.38. The molecule has 1 saturated heterocycles. The summed E-state index contributed by atoms with van der Waals surface area (Å²) < 4.78 is 0. The first-order valence-electron chi connectivity index (χ1n) is 11.2. The summed E-state index contributed by atoms with van der Waals surface area (Å²) >= 11 is 0. The Labute approximate surface area is 177 Å². The van der Waals surface area contributed by atoms with Crippen LogP contribution in [0.1, 0.15) is 51.9 Å². The Morgan fingerprint density at radius 3 is 1.90 bits per heavy atom. The van der Waals surface area contributed by atoms with E-state index in [1.807, 2.05) is 0 Å². The maximum Gasteiger partial charge on any atom is 0.0574 e. The highest BCUT2D eigenvalue weighted by Crippen LogP contribution is 2.41. The molecule has 0 amide bonds. The van der Waals surface area contributed by atoms with Gasteiger partial charge in [0.2, 0.25) is 0 Å². The molecule has 29 heavy (non-hydrogen) atoms. The molecule has 0 aromatic heterocycles. The molecule has 2 nitrogen and oxygen atoms in total. The van der Waals surface area contributed by atoms with Gasteiger partial charge in [-0.05, 0) is 49.9 Å². The summed E-state index contributed by atoms with van der Waals surface area (Å²) in [6, 6.07) is 21.5. The molecule has 3 rings (SSSR count). The summed E-state index contributed by atoms with van der Waals surface area (Å²) in [5.74, 6) is 0. The van der Waals surface area contributed by atoms with Gasteiger partial charge in [-0.25, -0.2) is 0 Å². The zero-order valence-corrected chi connectivity index (χ0v) is 18.0. The van der Waals surface area contributed by atoms with E-state index in [-0.39, 0.29) is 5.41 Å². The molecule has 0 bridgehead atoms. The second-order valence-electron chi connectivity index (χ2n) is 8.30. The zero-order valence-electron chi connectivity index (χ0n) is 18.0. The van der Waals surface area contributed by atoms with Crippen molar-refractivity contribution < 1.29 is 0 Å². The van der Waals surface area contributed by atoms with E-state index >= 15 is 0 Å². The van der Waals surface area contributed by atoms with Crippen LogP contribution in [0, 0.1) is 5.41 Å². The van der Waals surface area contributed by atoms with Crippen molar-refractivity contribution in [1.82, 2.24) is 0 Å². The van der Waals surface area contributed by atoms with Crippen LogP contribution in [-0.4, -0.2) is 13.1 Å². The average molecular weight is 389 g/mol. The van der Waals surface area contributed by atoms with Crippen molar-refractivity contribution in [2.75, 3.05) is 23.1 Å². The third-order valence-electron chi connectivity index (χ3n) is 5.89. The summed E-state index contributed by atoms with van der Waals surface area (Å²) in [7, 11) is 0. The van der Waals surface area contributed by atoms with Gasteiger partial charge in [-0.1, -0.05) is 80.8 Å². The number of hydrogen-bond acceptors (Lipinski definition) is 2. The second-order valence-corrected chi connectivity index (χ2v) is 8.30. The van der Waals surface area contributed by atoms with Gasteiger partial charge in [0.05, 0.1) is 11.4 Å². The fourth-order valence-electron chi connectivity index (χ4n) is 4.31. The largest absolute Gasteiger partial charge is 0.285 e. The topological polar surface area (TPSA) is 6.48 Å². The van der Waals surface area contributed by atoms with Crippen LogP contribution >= 0.6 is 0 Å². The number of unbranched alkanes of at least 4 members (excludes halogenated alkanes) is 4. The average Bonchev–Trinajstić information content (AvgIpc) is 3.14.